The first-order chi connectivity index (χ1) is 14.3. The lowest BCUT2D eigenvalue weighted by atomic mass is 9.76. The quantitative estimate of drug-likeness (QED) is 0.328. The van der Waals surface area contributed by atoms with Gasteiger partial charge in [-0.1, -0.05) is 101 Å². The van der Waals surface area contributed by atoms with Gasteiger partial charge in [-0.3, -0.25) is 0 Å². The third-order valence-electron chi connectivity index (χ3n) is 7.84. The highest BCUT2D eigenvalue weighted by Gasteiger charge is 2.22. The largest absolute Gasteiger partial charge is 0.0850 e. The van der Waals surface area contributed by atoms with Gasteiger partial charge >= 0.3 is 0 Å². The van der Waals surface area contributed by atoms with Crippen LogP contribution in [-0.4, -0.2) is 0 Å². The molecular formula is C29H46. The standard InChI is InChI=1S/C29H46/c1-3-5-7-25-10-14-27(15-11-25)17-19-29-22-20-28(21-23-29)18-16-26-12-8-24(6-4-2)9-13-26/h10-11,14-15,22,24,26,28H,3-9,12-13,16-21,23H2,1-2H3/t24-,26-,28?. The van der Waals surface area contributed by atoms with Crippen LogP contribution in [0.15, 0.2) is 35.9 Å². The molecule has 1 atom stereocenters. The molecule has 1 aromatic carbocycles. The molecule has 0 amide bonds. The average Bonchev–Trinajstić information content (AvgIpc) is 2.77. The Kier molecular flexibility index (Phi) is 9.84. The number of allylic oxidation sites excluding steroid dienone is 2. The fourth-order valence-electron chi connectivity index (χ4n) is 5.68. The van der Waals surface area contributed by atoms with Crippen molar-refractivity contribution in [3.63, 3.8) is 0 Å². The molecule has 0 bridgehead atoms. The third kappa shape index (κ3) is 7.95. The minimum Gasteiger partial charge on any atom is -0.0850 e. The summed E-state index contributed by atoms with van der Waals surface area (Å²) in [7, 11) is 0. The first kappa shape index (κ1) is 22.6. The van der Waals surface area contributed by atoms with Gasteiger partial charge in [0.05, 0.1) is 0 Å². The minimum absolute atomic E-state index is 0.977. The van der Waals surface area contributed by atoms with Gasteiger partial charge in [0.15, 0.2) is 0 Å². The first-order valence-corrected chi connectivity index (χ1v) is 13.0. The zero-order chi connectivity index (χ0) is 20.3. The molecule has 162 valence electrons. The molecule has 1 aromatic rings. The molecule has 2 aliphatic rings. The van der Waals surface area contributed by atoms with E-state index in [1.165, 1.54) is 114 Å². The summed E-state index contributed by atoms with van der Waals surface area (Å²) in [6.07, 6.45) is 25.1. The summed E-state index contributed by atoms with van der Waals surface area (Å²) in [4.78, 5) is 0. The summed E-state index contributed by atoms with van der Waals surface area (Å²) in [5.74, 6) is 3.09. The Balaban J connectivity index is 1.31. The van der Waals surface area contributed by atoms with E-state index < -0.39 is 0 Å². The minimum atomic E-state index is 0.977. The van der Waals surface area contributed by atoms with E-state index in [4.69, 9.17) is 0 Å². The third-order valence-corrected chi connectivity index (χ3v) is 7.84. The molecule has 29 heavy (non-hydrogen) atoms. The van der Waals surface area contributed by atoms with Crippen molar-refractivity contribution < 1.29 is 0 Å². The van der Waals surface area contributed by atoms with Crippen molar-refractivity contribution in [2.24, 2.45) is 17.8 Å². The molecule has 1 unspecified atom stereocenters. The molecule has 0 aliphatic heterocycles. The van der Waals surface area contributed by atoms with Crippen LogP contribution < -0.4 is 0 Å². The lowest BCUT2D eigenvalue weighted by molar-refractivity contribution is 0.236. The van der Waals surface area contributed by atoms with Gasteiger partial charge in [0.1, 0.15) is 0 Å². The summed E-state index contributed by atoms with van der Waals surface area (Å²) in [6.45, 7) is 4.62. The van der Waals surface area contributed by atoms with E-state index in [2.05, 4.69) is 44.2 Å². The summed E-state index contributed by atoms with van der Waals surface area (Å²) in [6, 6.07) is 9.44. The highest BCUT2D eigenvalue weighted by Crippen LogP contribution is 2.36. The van der Waals surface area contributed by atoms with Crippen LogP contribution in [0.5, 0.6) is 0 Å². The summed E-state index contributed by atoms with van der Waals surface area (Å²) in [5, 5.41) is 0. The van der Waals surface area contributed by atoms with E-state index >= 15 is 0 Å². The van der Waals surface area contributed by atoms with Gasteiger partial charge in [0.25, 0.3) is 0 Å². The predicted molar refractivity (Wildman–Crippen MR) is 128 cm³/mol. The molecule has 0 aromatic heterocycles. The van der Waals surface area contributed by atoms with E-state index in [1.54, 1.807) is 5.57 Å². The summed E-state index contributed by atoms with van der Waals surface area (Å²) in [5.41, 5.74) is 4.76. The van der Waals surface area contributed by atoms with Gasteiger partial charge in [0, 0.05) is 0 Å². The Labute approximate surface area is 181 Å². The van der Waals surface area contributed by atoms with Crippen molar-refractivity contribution >= 4 is 0 Å². The number of unbranched alkanes of at least 4 members (excludes halogenated alkanes) is 1. The zero-order valence-electron chi connectivity index (χ0n) is 19.4. The van der Waals surface area contributed by atoms with Gasteiger partial charge in [0.2, 0.25) is 0 Å². The maximum atomic E-state index is 2.61. The van der Waals surface area contributed by atoms with E-state index in [9.17, 15) is 0 Å². The van der Waals surface area contributed by atoms with Crippen molar-refractivity contribution in [2.75, 3.05) is 0 Å². The normalized spacial score (nSPS) is 25.0. The number of aryl methyl sites for hydroxylation is 2. The van der Waals surface area contributed by atoms with Crippen LogP contribution in [0.3, 0.4) is 0 Å². The lowest BCUT2D eigenvalue weighted by Crippen LogP contribution is -2.16. The molecule has 0 nitrogen and oxygen atoms in total. The van der Waals surface area contributed by atoms with E-state index in [0.717, 1.165) is 17.8 Å². The Morgan fingerprint density at radius 2 is 1.28 bits per heavy atom. The first-order valence-electron chi connectivity index (χ1n) is 13.0. The molecule has 0 N–H and O–H groups in total. The van der Waals surface area contributed by atoms with Crippen LogP contribution in [-0.2, 0) is 12.8 Å². The second kappa shape index (κ2) is 12.6. The van der Waals surface area contributed by atoms with Crippen LogP contribution in [0.2, 0.25) is 0 Å². The maximum Gasteiger partial charge on any atom is -0.0241 e. The number of benzene rings is 1. The number of rotatable bonds is 11. The van der Waals surface area contributed by atoms with Crippen LogP contribution in [0.25, 0.3) is 0 Å². The Morgan fingerprint density at radius 3 is 1.86 bits per heavy atom. The van der Waals surface area contributed by atoms with Crippen LogP contribution in [0, 0.1) is 17.8 Å². The molecule has 1 fully saturated rings. The SMILES string of the molecule is CCCCc1ccc(CCC2=CCC(CC[C@H]3CC[C@H](CCC)CC3)CC2)cc1. The second-order valence-electron chi connectivity index (χ2n) is 10.2. The highest BCUT2D eigenvalue weighted by molar-refractivity contribution is 5.23. The van der Waals surface area contributed by atoms with Gasteiger partial charge in [-0.25, -0.2) is 0 Å². The van der Waals surface area contributed by atoms with Crippen molar-refractivity contribution in [2.45, 2.75) is 117 Å². The molecule has 0 spiro atoms. The van der Waals surface area contributed by atoms with Gasteiger partial charge < -0.3 is 0 Å². The van der Waals surface area contributed by atoms with Crippen molar-refractivity contribution in [1.29, 1.82) is 0 Å². The van der Waals surface area contributed by atoms with Crippen LogP contribution in [0.1, 0.15) is 115 Å². The smallest absolute Gasteiger partial charge is 0.0241 e. The Hall–Kier alpha value is -1.04. The summed E-state index contributed by atoms with van der Waals surface area (Å²) >= 11 is 0. The zero-order valence-corrected chi connectivity index (χ0v) is 19.4. The lowest BCUT2D eigenvalue weighted by Gasteiger charge is -2.30. The molecule has 0 heteroatoms. The maximum absolute atomic E-state index is 2.61. The van der Waals surface area contributed by atoms with Crippen LogP contribution >= 0.6 is 0 Å². The van der Waals surface area contributed by atoms with E-state index in [0.29, 0.717) is 0 Å². The fraction of sp³-hybridized carbons (Fsp3) is 0.724. The van der Waals surface area contributed by atoms with Crippen molar-refractivity contribution in [1.82, 2.24) is 0 Å². The molecule has 1 saturated carbocycles. The van der Waals surface area contributed by atoms with Gasteiger partial charge in [-0.15, -0.1) is 0 Å². The molecule has 0 heterocycles. The second-order valence-corrected chi connectivity index (χ2v) is 10.2. The van der Waals surface area contributed by atoms with Crippen molar-refractivity contribution in [3.05, 3.63) is 47.0 Å². The fourth-order valence-corrected chi connectivity index (χ4v) is 5.68. The molecule has 2 aliphatic carbocycles. The molecular weight excluding hydrogens is 348 g/mol. The monoisotopic (exact) mass is 394 g/mol. The molecule has 3 rings (SSSR count). The summed E-state index contributed by atoms with van der Waals surface area (Å²) < 4.78 is 0. The molecule has 0 radical (unpaired) electrons. The van der Waals surface area contributed by atoms with E-state index in [-0.39, 0.29) is 0 Å². The van der Waals surface area contributed by atoms with Gasteiger partial charge in [-0.05, 0) is 80.2 Å². The average molecular weight is 395 g/mol. The predicted octanol–water partition coefficient (Wildman–Crippen LogP) is 9.08. The van der Waals surface area contributed by atoms with Crippen molar-refractivity contribution in [3.8, 4) is 0 Å². The van der Waals surface area contributed by atoms with Gasteiger partial charge in [-0.2, -0.15) is 0 Å². The topological polar surface area (TPSA) is 0 Å². The van der Waals surface area contributed by atoms with Crippen LogP contribution in [0.4, 0.5) is 0 Å². The number of hydrogen-bond acceptors (Lipinski definition) is 0. The van der Waals surface area contributed by atoms with E-state index in [1.807, 2.05) is 0 Å². The highest BCUT2D eigenvalue weighted by atomic mass is 14.3. The Morgan fingerprint density at radius 1 is 0.655 bits per heavy atom. The number of hydrogen-bond donors (Lipinski definition) is 0. The Bertz CT molecular complexity index is 585. The molecule has 0 saturated heterocycles.